The van der Waals surface area contributed by atoms with Crippen molar-refractivity contribution in [3.63, 3.8) is 0 Å². The number of hydrogen-bond acceptors (Lipinski definition) is 2. The Morgan fingerprint density at radius 1 is 1.67 bits per heavy atom. The van der Waals surface area contributed by atoms with E-state index in [9.17, 15) is 0 Å². The minimum atomic E-state index is 0.262. The van der Waals surface area contributed by atoms with Gasteiger partial charge in [0.05, 0.1) is 6.26 Å². The maximum Gasteiger partial charge on any atom is 0.197 e. The van der Waals surface area contributed by atoms with E-state index in [-0.39, 0.29) is 6.04 Å². The molecule has 0 saturated carbocycles. The van der Waals surface area contributed by atoms with Crippen LogP contribution >= 0.6 is 11.6 Å². The van der Waals surface area contributed by atoms with E-state index in [4.69, 9.17) is 16.0 Å². The first kappa shape index (κ1) is 12.3. The average molecular weight is 228 g/mol. The molecule has 2 nitrogen and oxygen atoms in total. The topological polar surface area (TPSA) is 25.2 Å². The molecule has 1 rings (SSSR count). The molecule has 0 radical (unpaired) electrons. The second kappa shape index (κ2) is 5.99. The molecule has 0 aliphatic carbocycles. The van der Waals surface area contributed by atoms with Gasteiger partial charge in [-0.1, -0.05) is 12.5 Å². The lowest BCUT2D eigenvalue weighted by molar-refractivity contribution is 0.501. The molecule has 1 aromatic rings. The van der Waals surface area contributed by atoms with Gasteiger partial charge in [-0.15, -0.1) is 6.58 Å². The number of rotatable bonds is 6. The third-order valence-electron chi connectivity index (χ3n) is 2.33. The highest BCUT2D eigenvalue weighted by atomic mass is 35.5. The van der Waals surface area contributed by atoms with E-state index in [1.54, 1.807) is 6.26 Å². The van der Waals surface area contributed by atoms with Gasteiger partial charge in [0.25, 0.3) is 0 Å². The van der Waals surface area contributed by atoms with Crippen molar-refractivity contribution in [2.24, 2.45) is 0 Å². The van der Waals surface area contributed by atoms with Crippen molar-refractivity contribution in [3.8, 4) is 0 Å². The lowest BCUT2D eigenvalue weighted by Gasteiger charge is -2.16. The zero-order chi connectivity index (χ0) is 11.3. The van der Waals surface area contributed by atoms with Crippen molar-refractivity contribution < 1.29 is 4.42 Å². The summed E-state index contributed by atoms with van der Waals surface area (Å²) >= 11 is 5.96. The Morgan fingerprint density at radius 2 is 2.40 bits per heavy atom. The van der Waals surface area contributed by atoms with Crippen molar-refractivity contribution in [1.29, 1.82) is 0 Å². The molecule has 0 amide bonds. The lowest BCUT2D eigenvalue weighted by Crippen LogP contribution is -2.20. The van der Waals surface area contributed by atoms with E-state index >= 15 is 0 Å². The molecule has 1 unspecified atom stereocenters. The fourth-order valence-corrected chi connectivity index (χ4v) is 1.80. The largest absolute Gasteiger partial charge is 0.453 e. The monoisotopic (exact) mass is 227 g/mol. The first-order valence-corrected chi connectivity index (χ1v) is 5.63. The standard InChI is InChI=1S/C12H18ClNO/c1-4-14-11(6-5-9(2)3)10-7-8-15-12(10)13/h7-8,11,14H,2,4-6H2,1,3H3. The highest BCUT2D eigenvalue weighted by molar-refractivity contribution is 6.29. The van der Waals surface area contributed by atoms with E-state index in [1.165, 1.54) is 5.57 Å². The van der Waals surface area contributed by atoms with Crippen LogP contribution in [0.2, 0.25) is 5.22 Å². The molecule has 0 saturated heterocycles. The van der Waals surface area contributed by atoms with Gasteiger partial charge >= 0.3 is 0 Å². The first-order chi connectivity index (χ1) is 7.15. The van der Waals surface area contributed by atoms with Crippen molar-refractivity contribution in [2.75, 3.05) is 6.54 Å². The highest BCUT2D eigenvalue weighted by Crippen LogP contribution is 2.27. The molecule has 0 aliphatic heterocycles. The van der Waals surface area contributed by atoms with Crippen LogP contribution in [-0.2, 0) is 0 Å². The van der Waals surface area contributed by atoms with Crippen LogP contribution in [-0.4, -0.2) is 6.54 Å². The predicted octanol–water partition coefficient (Wildman–Crippen LogP) is 3.94. The van der Waals surface area contributed by atoms with E-state index in [1.807, 2.05) is 13.0 Å². The molecule has 0 fully saturated rings. The van der Waals surface area contributed by atoms with Gasteiger partial charge in [-0.2, -0.15) is 0 Å². The molecule has 84 valence electrons. The van der Waals surface area contributed by atoms with Crippen LogP contribution < -0.4 is 5.32 Å². The summed E-state index contributed by atoms with van der Waals surface area (Å²) in [7, 11) is 0. The summed E-state index contributed by atoms with van der Waals surface area (Å²) < 4.78 is 5.10. The van der Waals surface area contributed by atoms with Crippen LogP contribution in [0.3, 0.4) is 0 Å². The Labute approximate surface area is 96.3 Å². The van der Waals surface area contributed by atoms with Crippen molar-refractivity contribution in [3.05, 3.63) is 35.3 Å². The fraction of sp³-hybridized carbons (Fsp3) is 0.500. The van der Waals surface area contributed by atoms with Gasteiger partial charge in [-0.25, -0.2) is 0 Å². The van der Waals surface area contributed by atoms with Gasteiger partial charge in [0, 0.05) is 11.6 Å². The van der Waals surface area contributed by atoms with Gasteiger partial charge < -0.3 is 9.73 Å². The quantitative estimate of drug-likeness (QED) is 0.745. The van der Waals surface area contributed by atoms with E-state index < -0.39 is 0 Å². The van der Waals surface area contributed by atoms with Crippen LogP contribution in [0.5, 0.6) is 0 Å². The average Bonchev–Trinajstić information content (AvgIpc) is 2.59. The third kappa shape index (κ3) is 3.73. The maximum absolute atomic E-state index is 5.96. The Morgan fingerprint density at radius 3 is 2.87 bits per heavy atom. The normalized spacial score (nSPS) is 12.7. The summed E-state index contributed by atoms with van der Waals surface area (Å²) in [5, 5.41) is 3.88. The molecular formula is C12H18ClNO. The van der Waals surface area contributed by atoms with Crippen LogP contribution in [0.1, 0.15) is 38.3 Å². The third-order valence-corrected chi connectivity index (χ3v) is 2.64. The van der Waals surface area contributed by atoms with Gasteiger partial charge in [-0.05, 0) is 44.0 Å². The molecule has 1 aromatic heterocycles. The lowest BCUT2D eigenvalue weighted by atomic mass is 10.0. The predicted molar refractivity (Wildman–Crippen MR) is 64.2 cm³/mol. The Hall–Kier alpha value is -0.730. The second-order valence-electron chi connectivity index (χ2n) is 3.76. The van der Waals surface area contributed by atoms with Crippen molar-refractivity contribution >= 4 is 11.6 Å². The Bertz CT molecular complexity index is 319. The minimum Gasteiger partial charge on any atom is -0.453 e. The number of halogens is 1. The van der Waals surface area contributed by atoms with E-state index in [0.717, 1.165) is 24.9 Å². The molecule has 15 heavy (non-hydrogen) atoms. The minimum absolute atomic E-state index is 0.262. The van der Waals surface area contributed by atoms with E-state index in [2.05, 4.69) is 18.8 Å². The number of allylic oxidation sites excluding steroid dienone is 1. The molecule has 0 aromatic carbocycles. The van der Waals surface area contributed by atoms with Gasteiger partial charge in [-0.3, -0.25) is 0 Å². The zero-order valence-electron chi connectivity index (χ0n) is 9.35. The summed E-state index contributed by atoms with van der Waals surface area (Å²) in [5.74, 6) is 0. The summed E-state index contributed by atoms with van der Waals surface area (Å²) in [4.78, 5) is 0. The molecule has 0 bridgehead atoms. The molecular weight excluding hydrogens is 210 g/mol. The van der Waals surface area contributed by atoms with Crippen LogP contribution in [0.25, 0.3) is 0 Å². The van der Waals surface area contributed by atoms with Gasteiger partial charge in [0.1, 0.15) is 0 Å². The zero-order valence-corrected chi connectivity index (χ0v) is 10.1. The van der Waals surface area contributed by atoms with Crippen molar-refractivity contribution in [1.82, 2.24) is 5.32 Å². The Kier molecular flexibility index (Phi) is 4.92. The Balaban J connectivity index is 2.65. The summed E-state index contributed by atoms with van der Waals surface area (Å²) in [6.45, 7) is 8.95. The molecule has 1 atom stereocenters. The molecule has 0 aliphatic rings. The van der Waals surface area contributed by atoms with Crippen LogP contribution in [0.4, 0.5) is 0 Å². The second-order valence-corrected chi connectivity index (χ2v) is 4.10. The SMILES string of the molecule is C=C(C)CCC(NCC)c1ccoc1Cl. The number of hydrogen-bond donors (Lipinski definition) is 1. The van der Waals surface area contributed by atoms with Gasteiger partial charge in [0.2, 0.25) is 0 Å². The maximum atomic E-state index is 5.96. The van der Waals surface area contributed by atoms with Crippen LogP contribution in [0, 0.1) is 0 Å². The number of furan rings is 1. The fourth-order valence-electron chi connectivity index (χ4n) is 1.56. The van der Waals surface area contributed by atoms with Crippen molar-refractivity contribution in [2.45, 2.75) is 32.7 Å². The van der Waals surface area contributed by atoms with Crippen LogP contribution in [0.15, 0.2) is 28.9 Å². The molecule has 3 heteroatoms. The molecule has 0 spiro atoms. The van der Waals surface area contributed by atoms with Gasteiger partial charge in [0.15, 0.2) is 5.22 Å². The summed E-state index contributed by atoms with van der Waals surface area (Å²) in [6.07, 6.45) is 3.63. The van der Waals surface area contributed by atoms with E-state index in [0.29, 0.717) is 5.22 Å². The smallest absolute Gasteiger partial charge is 0.197 e. The molecule has 1 N–H and O–H groups in total. The first-order valence-electron chi connectivity index (χ1n) is 5.25. The summed E-state index contributed by atoms with van der Waals surface area (Å²) in [6, 6.07) is 2.19. The highest BCUT2D eigenvalue weighted by Gasteiger charge is 2.15. The summed E-state index contributed by atoms with van der Waals surface area (Å²) in [5.41, 5.74) is 2.23. The molecule has 1 heterocycles. The number of nitrogens with one attached hydrogen (secondary N) is 1.